The SMILES string of the molecule is CC[C@@H]1OC(=O)[C@H](C)C(=O)[C@H](C)[C@@H](OC2O[C@H](C)C[C@H](N(C)C)[C@H]2O)[C@](C)(OC)C[C@@H](C)C(=O)[C@H](C)[C@H]2[C@H](/C(N)=N/O[C@@H](C)c3nnc(-c4ncccn4)s3)C(=O)O[C@@]21C. The smallest absolute Gasteiger partial charge is 0.317 e. The number of ether oxygens (including phenoxy) is 5. The number of hydrogen-bond donors (Lipinski definition) is 2. The molecule has 5 rings (SSSR count). The maximum atomic E-state index is 14.8. The van der Waals surface area contributed by atoms with Gasteiger partial charge in [-0.05, 0) is 74.0 Å². The monoisotopic (exact) mass is 859 g/mol. The third-order valence-electron chi connectivity index (χ3n) is 12.5. The number of nitrogens with two attached hydrogens (primary N) is 1. The Labute approximate surface area is 355 Å². The highest BCUT2D eigenvalue weighted by Gasteiger charge is 2.62. The van der Waals surface area contributed by atoms with Gasteiger partial charge in [0.15, 0.2) is 45.5 Å². The van der Waals surface area contributed by atoms with E-state index in [1.807, 2.05) is 25.9 Å². The highest BCUT2D eigenvalue weighted by atomic mass is 32.1. The average molecular weight is 860 g/mol. The number of amidine groups is 1. The Morgan fingerprint density at radius 3 is 2.33 bits per heavy atom. The fraction of sp³-hybridized carbons (Fsp3) is 0.732. The van der Waals surface area contributed by atoms with Gasteiger partial charge in [-0.15, -0.1) is 10.2 Å². The van der Waals surface area contributed by atoms with Gasteiger partial charge < -0.3 is 44.3 Å². The van der Waals surface area contributed by atoms with Gasteiger partial charge in [-0.3, -0.25) is 19.2 Å². The highest BCUT2D eigenvalue weighted by molar-refractivity contribution is 7.14. The van der Waals surface area contributed by atoms with E-state index in [4.69, 9.17) is 34.3 Å². The number of aromatic nitrogens is 4. The number of cyclic esters (lactones) is 1. The Morgan fingerprint density at radius 1 is 1.05 bits per heavy atom. The van der Waals surface area contributed by atoms with Crippen molar-refractivity contribution >= 4 is 40.7 Å². The third-order valence-corrected chi connectivity index (χ3v) is 13.6. The molecule has 2 aromatic heterocycles. The summed E-state index contributed by atoms with van der Waals surface area (Å²) in [5.41, 5.74) is 3.66. The van der Waals surface area contributed by atoms with E-state index >= 15 is 0 Å². The quantitative estimate of drug-likeness (QED) is 0.114. The summed E-state index contributed by atoms with van der Waals surface area (Å²) in [6, 6.07) is 1.37. The van der Waals surface area contributed by atoms with Crippen LogP contribution in [0.1, 0.15) is 92.7 Å². The van der Waals surface area contributed by atoms with E-state index in [9.17, 15) is 24.3 Å². The van der Waals surface area contributed by atoms with E-state index in [1.54, 1.807) is 66.9 Å². The van der Waals surface area contributed by atoms with Gasteiger partial charge in [-0.25, -0.2) is 9.97 Å². The number of esters is 2. The fourth-order valence-electron chi connectivity index (χ4n) is 9.08. The van der Waals surface area contributed by atoms with E-state index in [2.05, 4.69) is 25.3 Å². The topological polar surface area (TPSA) is 237 Å². The molecule has 0 radical (unpaired) electrons. The number of carbonyl (C=O) groups is 4. The third kappa shape index (κ3) is 9.40. The van der Waals surface area contributed by atoms with Crippen molar-refractivity contribution in [2.24, 2.45) is 46.4 Å². The summed E-state index contributed by atoms with van der Waals surface area (Å²) in [6.45, 7) is 15.1. The average Bonchev–Trinajstić information content (AvgIpc) is 3.83. The van der Waals surface area contributed by atoms with Gasteiger partial charge in [0.05, 0.1) is 17.8 Å². The summed E-state index contributed by atoms with van der Waals surface area (Å²) >= 11 is 1.20. The lowest BCUT2D eigenvalue weighted by Gasteiger charge is -2.47. The number of Topliss-reactive ketones (excluding diaryl/α,β-unsaturated/α-hetero) is 2. The molecule has 3 N–H and O–H groups in total. The lowest BCUT2D eigenvalue weighted by atomic mass is 9.67. The van der Waals surface area contributed by atoms with Crippen molar-refractivity contribution in [3.05, 3.63) is 23.5 Å². The van der Waals surface area contributed by atoms with Crippen molar-refractivity contribution in [2.45, 2.75) is 136 Å². The minimum atomic E-state index is -1.58. The molecule has 1 unspecified atom stereocenters. The first-order valence-corrected chi connectivity index (χ1v) is 21.3. The Kier molecular flexibility index (Phi) is 14.9. The van der Waals surface area contributed by atoms with Gasteiger partial charge in [0, 0.05) is 49.2 Å². The molecule has 18 nitrogen and oxygen atoms in total. The normalized spacial score (nSPS) is 37.9. The molecule has 0 amide bonds. The number of fused-ring (bicyclic) bond motifs is 1. The lowest BCUT2D eigenvalue weighted by Crippen LogP contribution is -2.59. The summed E-state index contributed by atoms with van der Waals surface area (Å²) in [7, 11) is 5.16. The summed E-state index contributed by atoms with van der Waals surface area (Å²) in [5.74, 6) is -8.56. The van der Waals surface area contributed by atoms with Crippen molar-refractivity contribution in [3.63, 3.8) is 0 Å². The number of aliphatic hydroxyl groups is 1. The maximum absolute atomic E-state index is 14.8. The molecule has 0 spiro atoms. The van der Waals surface area contributed by atoms with Crippen LogP contribution in [0.2, 0.25) is 0 Å². The van der Waals surface area contributed by atoms with E-state index in [-0.39, 0.29) is 36.6 Å². The zero-order valence-corrected chi connectivity index (χ0v) is 37.4. The lowest BCUT2D eigenvalue weighted by molar-refractivity contribution is -0.295. The van der Waals surface area contributed by atoms with Gasteiger partial charge in [-0.2, -0.15) is 0 Å². The molecule has 0 aromatic carbocycles. The molecule has 19 heteroatoms. The van der Waals surface area contributed by atoms with Crippen molar-refractivity contribution < 1.29 is 52.8 Å². The first kappa shape index (κ1) is 47.0. The number of ketones is 2. The van der Waals surface area contributed by atoms with Crippen LogP contribution in [0.4, 0.5) is 0 Å². The zero-order valence-electron chi connectivity index (χ0n) is 36.6. The van der Waals surface area contributed by atoms with Crippen molar-refractivity contribution in [2.75, 3.05) is 21.2 Å². The van der Waals surface area contributed by atoms with Crippen molar-refractivity contribution in [1.29, 1.82) is 0 Å². The number of rotatable bonds is 10. The number of nitrogens with zero attached hydrogens (tertiary/aromatic N) is 6. The summed E-state index contributed by atoms with van der Waals surface area (Å²) < 4.78 is 31.1. The number of carbonyl (C=O) groups excluding carboxylic acids is 4. The summed E-state index contributed by atoms with van der Waals surface area (Å²) in [6.07, 6.45) is -1.56. The Balaban J connectivity index is 1.51. The minimum absolute atomic E-state index is 0.0471. The van der Waals surface area contributed by atoms with Crippen LogP contribution in [0.3, 0.4) is 0 Å². The van der Waals surface area contributed by atoms with Crippen LogP contribution >= 0.6 is 11.3 Å². The molecule has 2 aromatic rings. The predicted molar refractivity (Wildman–Crippen MR) is 218 cm³/mol. The zero-order chi connectivity index (χ0) is 44.4. The molecule has 0 bridgehead atoms. The first-order chi connectivity index (χ1) is 28.2. The van der Waals surface area contributed by atoms with Crippen LogP contribution in [0.25, 0.3) is 10.8 Å². The van der Waals surface area contributed by atoms with Crippen molar-refractivity contribution in [3.8, 4) is 10.8 Å². The maximum Gasteiger partial charge on any atom is 0.317 e. The number of hydrogen-bond acceptors (Lipinski definition) is 18. The van der Waals surface area contributed by atoms with Gasteiger partial charge in [0.2, 0.25) is 0 Å². The van der Waals surface area contributed by atoms with Gasteiger partial charge in [-0.1, -0.05) is 44.2 Å². The molecule has 15 atom stereocenters. The van der Waals surface area contributed by atoms with Crippen LogP contribution in [0, 0.1) is 35.5 Å². The number of methoxy groups -OCH3 is 1. The van der Waals surface area contributed by atoms with Crippen LogP contribution in [0.15, 0.2) is 23.6 Å². The molecule has 3 saturated heterocycles. The van der Waals surface area contributed by atoms with Crippen LogP contribution in [-0.2, 0) is 47.7 Å². The molecule has 0 aliphatic carbocycles. The molecule has 3 aliphatic rings. The second-order valence-corrected chi connectivity index (χ2v) is 18.1. The second kappa shape index (κ2) is 18.9. The second-order valence-electron chi connectivity index (χ2n) is 17.1. The summed E-state index contributed by atoms with van der Waals surface area (Å²) in [5, 5.41) is 24.9. The number of likely N-dealkylation sites (N-methyl/N-ethyl adjacent to an activating group) is 1. The molecule has 5 heterocycles. The molecular formula is C41H61N7O11S. The summed E-state index contributed by atoms with van der Waals surface area (Å²) in [4.78, 5) is 73.2. The first-order valence-electron chi connectivity index (χ1n) is 20.5. The largest absolute Gasteiger partial charge is 0.458 e. The Hall–Kier alpha value is -4.01. The minimum Gasteiger partial charge on any atom is -0.458 e. The van der Waals surface area contributed by atoms with Crippen LogP contribution in [-0.4, -0.2) is 129 Å². The number of aliphatic hydroxyl groups excluding tert-OH is 1. The molecule has 3 fully saturated rings. The van der Waals surface area contributed by atoms with Gasteiger partial charge >= 0.3 is 11.9 Å². The number of oxime groups is 1. The Morgan fingerprint density at radius 2 is 1.72 bits per heavy atom. The van der Waals surface area contributed by atoms with Crippen LogP contribution in [0.5, 0.6) is 0 Å². The van der Waals surface area contributed by atoms with Gasteiger partial charge in [0.1, 0.15) is 29.8 Å². The van der Waals surface area contributed by atoms with Gasteiger partial charge in [0.25, 0.3) is 0 Å². The Bertz CT molecular complexity index is 1880. The molecule has 332 valence electrons. The van der Waals surface area contributed by atoms with E-state index < -0.39 is 95.1 Å². The molecule has 3 aliphatic heterocycles. The highest BCUT2D eigenvalue weighted by Crippen LogP contribution is 2.48. The molecule has 0 saturated carbocycles. The molecule has 60 heavy (non-hydrogen) atoms. The van der Waals surface area contributed by atoms with E-state index in [0.29, 0.717) is 22.3 Å². The van der Waals surface area contributed by atoms with Crippen molar-refractivity contribution in [1.82, 2.24) is 25.1 Å². The fourth-order valence-corrected chi connectivity index (χ4v) is 9.85. The van der Waals surface area contributed by atoms with Crippen LogP contribution < -0.4 is 5.73 Å². The van der Waals surface area contributed by atoms with E-state index in [0.717, 1.165) is 0 Å². The predicted octanol–water partition coefficient (Wildman–Crippen LogP) is 3.52. The standard InChI is InChI=1S/C41H61N7O11S/c1-13-26-41(9)28(27(38(53)58-41)33(42)47-59-24(7)35-45-46-36(60-35)34-43-15-14-16-44-34)21(4)29(49)19(2)18-40(8,54-12)32(22(5)30(50)23(6)37(52)56-26)57-39-31(51)25(48(10)11)17-20(3)55-39/h14-16,19-28,31-32,39,51H,13,17-18H2,1-12H3,(H2,42,47)/t19-,20-,21-,22+,23-,24+,25+,26+,27-,28+,31-,32-,39?,40-,41-/m1/s1. The van der Waals surface area contributed by atoms with E-state index in [1.165, 1.54) is 25.4 Å². The molecular weight excluding hydrogens is 799 g/mol.